The number of aromatic nitrogens is 1. The second-order valence-electron chi connectivity index (χ2n) is 5.53. The third-order valence-electron chi connectivity index (χ3n) is 3.43. The summed E-state index contributed by atoms with van der Waals surface area (Å²) in [5.74, 6) is -0.148. The van der Waals surface area contributed by atoms with Crippen LogP contribution in [0.15, 0.2) is 23.1 Å². The molecule has 1 saturated heterocycles. The van der Waals surface area contributed by atoms with Crippen LogP contribution in [0.2, 0.25) is 0 Å². The van der Waals surface area contributed by atoms with E-state index in [1.807, 2.05) is 13.8 Å². The lowest BCUT2D eigenvalue weighted by Crippen LogP contribution is -2.39. The molecule has 0 atom stereocenters. The summed E-state index contributed by atoms with van der Waals surface area (Å²) in [5, 5.41) is 2.83. The van der Waals surface area contributed by atoms with Crippen LogP contribution in [-0.4, -0.2) is 54.3 Å². The molecule has 1 aliphatic heterocycles. The molecule has 1 aromatic rings. The van der Waals surface area contributed by atoms with Gasteiger partial charge < -0.3 is 14.6 Å². The zero-order chi connectivity index (χ0) is 15.2. The molecule has 6 nitrogen and oxygen atoms in total. The Morgan fingerprint density at radius 3 is 2.67 bits per heavy atom. The molecule has 1 amide bonds. The van der Waals surface area contributed by atoms with Gasteiger partial charge in [0, 0.05) is 44.5 Å². The molecule has 0 saturated carbocycles. The van der Waals surface area contributed by atoms with E-state index in [2.05, 4.69) is 10.2 Å². The normalized spacial score (nSPS) is 16.1. The number of rotatable bonds is 5. The molecular formula is C15H23N3O3. The van der Waals surface area contributed by atoms with Crippen LogP contribution in [0.25, 0.3) is 0 Å². The third-order valence-corrected chi connectivity index (χ3v) is 3.43. The lowest BCUT2D eigenvalue weighted by atomic mass is 10.2. The van der Waals surface area contributed by atoms with Gasteiger partial charge in [-0.25, -0.2) is 0 Å². The Bertz CT molecular complexity index is 533. The molecule has 0 radical (unpaired) electrons. The van der Waals surface area contributed by atoms with Crippen molar-refractivity contribution in [3.8, 4) is 0 Å². The zero-order valence-electron chi connectivity index (χ0n) is 12.7. The van der Waals surface area contributed by atoms with Gasteiger partial charge in [0.1, 0.15) is 0 Å². The van der Waals surface area contributed by atoms with Gasteiger partial charge in [-0.3, -0.25) is 14.5 Å². The fourth-order valence-corrected chi connectivity index (χ4v) is 2.26. The van der Waals surface area contributed by atoms with Gasteiger partial charge in [0.15, 0.2) is 0 Å². The summed E-state index contributed by atoms with van der Waals surface area (Å²) in [7, 11) is 0. The number of nitrogens with zero attached hydrogens (tertiary/aromatic N) is 2. The molecule has 1 aromatic heterocycles. The summed E-state index contributed by atoms with van der Waals surface area (Å²) in [4.78, 5) is 26.1. The first-order chi connectivity index (χ1) is 10.1. The standard InChI is InChI=1S/C15H23N3O3/c1-12(2)16-15(20)13-3-4-14(19)18(11-13)6-5-17-7-9-21-10-8-17/h3-4,11-12H,5-10H2,1-2H3,(H,16,20). The number of hydrogen-bond acceptors (Lipinski definition) is 4. The van der Waals surface area contributed by atoms with Gasteiger partial charge in [-0.2, -0.15) is 0 Å². The minimum absolute atomic E-state index is 0.0752. The minimum atomic E-state index is -0.148. The van der Waals surface area contributed by atoms with Crippen LogP contribution in [0.4, 0.5) is 0 Å². The van der Waals surface area contributed by atoms with Crippen LogP contribution < -0.4 is 10.9 Å². The van der Waals surface area contributed by atoms with Crippen molar-refractivity contribution in [2.75, 3.05) is 32.8 Å². The van der Waals surface area contributed by atoms with Gasteiger partial charge in [-0.1, -0.05) is 0 Å². The number of nitrogens with one attached hydrogen (secondary N) is 1. The van der Waals surface area contributed by atoms with Crippen molar-refractivity contribution in [1.82, 2.24) is 14.8 Å². The molecule has 2 rings (SSSR count). The molecule has 0 aliphatic carbocycles. The maximum Gasteiger partial charge on any atom is 0.252 e. The van der Waals surface area contributed by atoms with Gasteiger partial charge in [-0.05, 0) is 19.9 Å². The number of morpholine rings is 1. The molecule has 0 bridgehead atoms. The van der Waals surface area contributed by atoms with Crippen molar-refractivity contribution in [3.05, 3.63) is 34.2 Å². The lowest BCUT2D eigenvalue weighted by molar-refractivity contribution is 0.0363. The number of carbonyl (C=O) groups excluding carboxylic acids is 1. The van der Waals surface area contributed by atoms with E-state index in [1.54, 1.807) is 16.8 Å². The highest BCUT2D eigenvalue weighted by molar-refractivity contribution is 5.93. The lowest BCUT2D eigenvalue weighted by Gasteiger charge is -2.26. The quantitative estimate of drug-likeness (QED) is 0.849. The first kappa shape index (κ1) is 15.7. The highest BCUT2D eigenvalue weighted by atomic mass is 16.5. The van der Waals surface area contributed by atoms with Gasteiger partial charge in [-0.15, -0.1) is 0 Å². The van der Waals surface area contributed by atoms with Crippen molar-refractivity contribution in [3.63, 3.8) is 0 Å². The largest absolute Gasteiger partial charge is 0.379 e. The van der Waals surface area contributed by atoms with Crippen molar-refractivity contribution < 1.29 is 9.53 Å². The van der Waals surface area contributed by atoms with Gasteiger partial charge in [0.25, 0.3) is 11.5 Å². The molecule has 1 aliphatic rings. The highest BCUT2D eigenvalue weighted by Crippen LogP contribution is 2.00. The van der Waals surface area contributed by atoms with Crippen LogP contribution in [0.5, 0.6) is 0 Å². The average molecular weight is 293 g/mol. The predicted molar refractivity (Wildman–Crippen MR) is 80.6 cm³/mol. The van der Waals surface area contributed by atoms with Crippen LogP contribution >= 0.6 is 0 Å². The molecule has 2 heterocycles. The number of amides is 1. The van der Waals surface area contributed by atoms with E-state index in [0.717, 1.165) is 32.8 Å². The minimum Gasteiger partial charge on any atom is -0.379 e. The molecule has 1 N–H and O–H groups in total. The molecule has 1 fully saturated rings. The van der Waals surface area contributed by atoms with E-state index in [0.29, 0.717) is 12.1 Å². The summed E-state index contributed by atoms with van der Waals surface area (Å²) in [6.07, 6.45) is 1.64. The molecule has 0 spiro atoms. The molecule has 0 unspecified atom stereocenters. The van der Waals surface area contributed by atoms with Crippen LogP contribution in [-0.2, 0) is 11.3 Å². The zero-order valence-corrected chi connectivity index (χ0v) is 12.7. The summed E-state index contributed by atoms with van der Waals surface area (Å²) >= 11 is 0. The second-order valence-corrected chi connectivity index (χ2v) is 5.53. The first-order valence-electron chi connectivity index (χ1n) is 7.38. The van der Waals surface area contributed by atoms with E-state index in [4.69, 9.17) is 4.74 Å². The maximum atomic E-state index is 12.0. The van der Waals surface area contributed by atoms with E-state index >= 15 is 0 Å². The Kier molecular flexibility index (Phi) is 5.52. The Labute approximate surface area is 124 Å². The molecule has 21 heavy (non-hydrogen) atoms. The predicted octanol–water partition coefficient (Wildman–Crippen LogP) is 0.319. The van der Waals surface area contributed by atoms with Crippen LogP contribution in [0.1, 0.15) is 24.2 Å². The summed E-state index contributed by atoms with van der Waals surface area (Å²) < 4.78 is 6.90. The van der Waals surface area contributed by atoms with E-state index in [9.17, 15) is 9.59 Å². The monoisotopic (exact) mass is 293 g/mol. The topological polar surface area (TPSA) is 63.6 Å². The SMILES string of the molecule is CC(C)NC(=O)c1ccc(=O)n(CCN2CCOCC2)c1. The van der Waals surface area contributed by atoms with Crippen molar-refractivity contribution >= 4 is 5.91 Å². The van der Waals surface area contributed by atoms with Gasteiger partial charge in [0.2, 0.25) is 0 Å². The number of carbonyl (C=O) groups is 1. The Morgan fingerprint density at radius 2 is 2.00 bits per heavy atom. The smallest absolute Gasteiger partial charge is 0.252 e. The van der Waals surface area contributed by atoms with Crippen LogP contribution in [0, 0.1) is 0 Å². The number of hydrogen-bond donors (Lipinski definition) is 1. The van der Waals surface area contributed by atoms with Crippen molar-refractivity contribution in [1.29, 1.82) is 0 Å². The molecule has 0 aromatic carbocycles. The Hall–Kier alpha value is -1.66. The van der Waals surface area contributed by atoms with Gasteiger partial charge >= 0.3 is 0 Å². The Balaban J connectivity index is 2.01. The first-order valence-corrected chi connectivity index (χ1v) is 7.38. The van der Waals surface area contributed by atoms with Gasteiger partial charge in [0.05, 0.1) is 18.8 Å². The van der Waals surface area contributed by atoms with E-state index in [-0.39, 0.29) is 17.5 Å². The van der Waals surface area contributed by atoms with Crippen LogP contribution in [0.3, 0.4) is 0 Å². The fourth-order valence-electron chi connectivity index (χ4n) is 2.26. The molecule has 116 valence electrons. The molecular weight excluding hydrogens is 270 g/mol. The highest BCUT2D eigenvalue weighted by Gasteiger charge is 2.12. The van der Waals surface area contributed by atoms with E-state index in [1.165, 1.54) is 6.07 Å². The Morgan fingerprint density at radius 1 is 1.29 bits per heavy atom. The number of ether oxygens (including phenoxy) is 1. The fraction of sp³-hybridized carbons (Fsp3) is 0.600. The average Bonchev–Trinajstić information content (AvgIpc) is 2.46. The summed E-state index contributed by atoms with van der Waals surface area (Å²) in [6.45, 7) is 8.46. The third kappa shape index (κ3) is 4.68. The number of pyridine rings is 1. The van der Waals surface area contributed by atoms with Crippen molar-refractivity contribution in [2.45, 2.75) is 26.4 Å². The van der Waals surface area contributed by atoms with E-state index < -0.39 is 0 Å². The molecule has 6 heteroatoms. The van der Waals surface area contributed by atoms with Crippen molar-refractivity contribution in [2.24, 2.45) is 0 Å². The summed E-state index contributed by atoms with van der Waals surface area (Å²) in [6, 6.07) is 3.10. The second kappa shape index (κ2) is 7.38. The maximum absolute atomic E-state index is 12.0. The summed E-state index contributed by atoms with van der Waals surface area (Å²) in [5.41, 5.74) is 0.439.